The van der Waals surface area contributed by atoms with Gasteiger partial charge in [0.05, 0.1) is 18.0 Å². The minimum absolute atomic E-state index is 0.0668. The lowest BCUT2D eigenvalue weighted by atomic mass is 9.78. The molecule has 1 N–H and O–H groups in total. The predicted molar refractivity (Wildman–Crippen MR) is 137 cm³/mol. The molecule has 2 atom stereocenters. The van der Waals surface area contributed by atoms with Crippen LogP contribution in [0.1, 0.15) is 60.7 Å². The number of hydrogen-bond donors (Lipinski definition) is 1. The Labute approximate surface area is 219 Å². The summed E-state index contributed by atoms with van der Waals surface area (Å²) in [5.74, 6) is 5.30. The summed E-state index contributed by atoms with van der Waals surface area (Å²) >= 11 is 0. The number of hydrogen-bond acceptors (Lipinski definition) is 4. The van der Waals surface area contributed by atoms with Gasteiger partial charge in [-0.05, 0) is 54.7 Å². The number of rotatable bonds is 2. The molecule has 3 aromatic rings. The van der Waals surface area contributed by atoms with E-state index in [4.69, 9.17) is 0 Å². The zero-order valence-corrected chi connectivity index (χ0v) is 21.1. The molecule has 6 rings (SSSR count). The molecular weight excluding hydrogens is 486 g/mol. The monoisotopic (exact) mass is 512 g/mol. The number of amides is 2. The van der Waals surface area contributed by atoms with Crippen molar-refractivity contribution < 1.29 is 18.4 Å². The second-order valence-corrected chi connectivity index (χ2v) is 11.0. The molecule has 2 aromatic heterocycles. The molecule has 6 nitrogen and oxygen atoms in total. The number of carbonyl (C=O) groups excluding carboxylic acids is 2. The quantitative estimate of drug-likeness (QED) is 0.514. The first-order valence-corrected chi connectivity index (χ1v) is 12.7. The number of pyridine rings is 2. The number of nitrogens with zero attached hydrogens (tertiary/aromatic N) is 3. The Kier molecular flexibility index (Phi) is 5.56. The normalized spacial score (nSPS) is 23.1. The SMILES string of the molecule is CC1(C)CC[C@@H](c2cc(F)cc(F)c2)N(CC#Cc2cnc3c(c2)C[C@@]2(C3)C(=O)Nc3ncccc32)C1=O. The molecule has 3 aliphatic rings. The number of piperidine rings is 1. The third-order valence-corrected chi connectivity index (χ3v) is 8.02. The summed E-state index contributed by atoms with van der Waals surface area (Å²) in [6.45, 7) is 3.88. The van der Waals surface area contributed by atoms with Gasteiger partial charge in [-0.15, -0.1) is 0 Å². The Balaban J connectivity index is 1.25. The number of nitrogens with one attached hydrogen (secondary N) is 1. The summed E-state index contributed by atoms with van der Waals surface area (Å²) in [6.07, 6.45) is 5.57. The molecule has 1 saturated heterocycles. The van der Waals surface area contributed by atoms with Crippen LogP contribution in [-0.2, 0) is 27.8 Å². The second-order valence-electron chi connectivity index (χ2n) is 11.0. The molecule has 2 aliphatic heterocycles. The van der Waals surface area contributed by atoms with E-state index < -0.39 is 28.5 Å². The van der Waals surface area contributed by atoms with E-state index in [1.165, 1.54) is 12.1 Å². The lowest BCUT2D eigenvalue weighted by molar-refractivity contribution is -0.147. The number of aromatic nitrogens is 2. The highest BCUT2D eigenvalue weighted by atomic mass is 19.1. The van der Waals surface area contributed by atoms with Crippen molar-refractivity contribution in [1.29, 1.82) is 0 Å². The average molecular weight is 513 g/mol. The number of likely N-dealkylation sites (tertiary alicyclic amines) is 1. The van der Waals surface area contributed by atoms with Crippen molar-refractivity contribution in [3.63, 3.8) is 0 Å². The third-order valence-electron chi connectivity index (χ3n) is 8.02. The van der Waals surface area contributed by atoms with Gasteiger partial charge in [-0.2, -0.15) is 0 Å². The molecule has 0 saturated carbocycles. The van der Waals surface area contributed by atoms with Crippen LogP contribution in [0, 0.1) is 28.9 Å². The fourth-order valence-corrected chi connectivity index (χ4v) is 6.00. The van der Waals surface area contributed by atoms with Crippen molar-refractivity contribution in [3.05, 3.63) is 88.4 Å². The molecule has 1 aliphatic carbocycles. The maximum Gasteiger partial charge on any atom is 0.237 e. The van der Waals surface area contributed by atoms with E-state index in [0.29, 0.717) is 42.6 Å². The van der Waals surface area contributed by atoms with Crippen LogP contribution in [0.15, 0.2) is 48.8 Å². The van der Waals surface area contributed by atoms with Gasteiger partial charge in [-0.3, -0.25) is 14.6 Å². The van der Waals surface area contributed by atoms with Crippen molar-refractivity contribution in [2.45, 2.75) is 51.0 Å². The Morgan fingerprint density at radius 3 is 2.68 bits per heavy atom. The van der Waals surface area contributed by atoms with Gasteiger partial charge in [0.15, 0.2) is 0 Å². The fourth-order valence-electron chi connectivity index (χ4n) is 6.00. The molecule has 0 radical (unpaired) electrons. The first-order chi connectivity index (χ1) is 18.2. The number of halogens is 2. The van der Waals surface area contributed by atoms with Crippen LogP contribution in [0.4, 0.5) is 14.6 Å². The number of carbonyl (C=O) groups is 2. The van der Waals surface area contributed by atoms with Gasteiger partial charge in [-0.1, -0.05) is 31.8 Å². The fraction of sp³-hybridized carbons (Fsp3) is 0.333. The smallest absolute Gasteiger partial charge is 0.237 e. The molecule has 2 amide bonds. The Hall–Kier alpha value is -4.12. The predicted octanol–water partition coefficient (Wildman–Crippen LogP) is 4.48. The highest BCUT2D eigenvalue weighted by Crippen LogP contribution is 2.46. The van der Waals surface area contributed by atoms with Gasteiger partial charge in [0, 0.05) is 47.1 Å². The first-order valence-electron chi connectivity index (χ1n) is 12.7. The molecule has 0 bridgehead atoms. The van der Waals surface area contributed by atoms with Gasteiger partial charge in [-0.25, -0.2) is 13.8 Å². The highest BCUT2D eigenvalue weighted by molar-refractivity contribution is 6.06. The minimum atomic E-state index is -0.704. The maximum absolute atomic E-state index is 14.0. The van der Waals surface area contributed by atoms with Crippen molar-refractivity contribution in [1.82, 2.24) is 14.9 Å². The average Bonchev–Trinajstić information content (AvgIpc) is 3.38. The highest BCUT2D eigenvalue weighted by Gasteiger charge is 2.51. The largest absolute Gasteiger partial charge is 0.324 e. The molecule has 38 heavy (non-hydrogen) atoms. The Morgan fingerprint density at radius 1 is 1.11 bits per heavy atom. The number of fused-ring (bicyclic) bond motifs is 3. The van der Waals surface area contributed by atoms with Gasteiger partial charge in [0.1, 0.15) is 17.5 Å². The van der Waals surface area contributed by atoms with Crippen LogP contribution in [0.5, 0.6) is 0 Å². The Morgan fingerprint density at radius 2 is 1.89 bits per heavy atom. The molecule has 0 unspecified atom stereocenters. The second kappa shape index (κ2) is 8.73. The van der Waals surface area contributed by atoms with Crippen molar-refractivity contribution >= 4 is 17.6 Å². The number of benzene rings is 1. The van der Waals surface area contributed by atoms with Crippen LogP contribution in [0.2, 0.25) is 0 Å². The summed E-state index contributed by atoms with van der Waals surface area (Å²) < 4.78 is 27.9. The van der Waals surface area contributed by atoms with E-state index in [2.05, 4.69) is 27.1 Å². The van der Waals surface area contributed by atoms with Gasteiger partial charge >= 0.3 is 0 Å². The van der Waals surface area contributed by atoms with E-state index in [9.17, 15) is 18.4 Å². The Bertz CT molecular complexity index is 1540. The van der Waals surface area contributed by atoms with Gasteiger partial charge < -0.3 is 10.2 Å². The molecule has 1 fully saturated rings. The summed E-state index contributed by atoms with van der Waals surface area (Å²) in [5.41, 5.74) is 2.55. The summed E-state index contributed by atoms with van der Waals surface area (Å²) in [5, 5.41) is 2.90. The summed E-state index contributed by atoms with van der Waals surface area (Å²) in [4.78, 5) is 36.7. The zero-order chi connectivity index (χ0) is 26.7. The van der Waals surface area contributed by atoms with E-state index >= 15 is 0 Å². The third kappa shape index (κ3) is 3.94. The van der Waals surface area contributed by atoms with Crippen molar-refractivity contribution in [3.8, 4) is 11.8 Å². The lowest BCUT2D eigenvalue weighted by Gasteiger charge is -2.42. The molecule has 1 aromatic carbocycles. The van der Waals surface area contributed by atoms with E-state index in [0.717, 1.165) is 22.9 Å². The molecule has 8 heteroatoms. The molecule has 1 spiro atoms. The van der Waals surface area contributed by atoms with Gasteiger partial charge in [0.2, 0.25) is 11.8 Å². The molecule has 192 valence electrons. The zero-order valence-electron chi connectivity index (χ0n) is 21.1. The van der Waals surface area contributed by atoms with E-state index in [1.807, 2.05) is 32.0 Å². The van der Waals surface area contributed by atoms with Crippen molar-refractivity contribution in [2.75, 3.05) is 11.9 Å². The van der Waals surface area contributed by atoms with Gasteiger partial charge in [0.25, 0.3) is 0 Å². The summed E-state index contributed by atoms with van der Waals surface area (Å²) in [6, 6.07) is 8.67. The van der Waals surface area contributed by atoms with E-state index in [-0.39, 0.29) is 18.4 Å². The van der Waals surface area contributed by atoms with Crippen LogP contribution in [-0.4, -0.2) is 33.2 Å². The topological polar surface area (TPSA) is 75.2 Å². The molecule has 4 heterocycles. The minimum Gasteiger partial charge on any atom is -0.324 e. The number of anilines is 1. The van der Waals surface area contributed by atoms with E-state index in [1.54, 1.807) is 17.3 Å². The van der Waals surface area contributed by atoms with Crippen molar-refractivity contribution in [2.24, 2.45) is 5.41 Å². The summed E-state index contributed by atoms with van der Waals surface area (Å²) in [7, 11) is 0. The van der Waals surface area contributed by atoms with Crippen LogP contribution < -0.4 is 5.32 Å². The van der Waals surface area contributed by atoms with Crippen LogP contribution in [0.3, 0.4) is 0 Å². The lowest BCUT2D eigenvalue weighted by Crippen LogP contribution is -2.47. The standard InChI is InChI=1S/C30H26F2N4O2/c1-29(2)8-7-25(19-12-21(31)14-22(32)13-19)36(28(29)38)10-4-5-18-11-20-15-30(16-24(20)34-17-18)23-6-3-9-33-26(23)35-27(30)37/h3,6,9,11-14,17,25H,7-8,10,15-16H2,1-2H3,(H,33,35,37)/t25-,30-/m0/s1. The molecular formula is C30H26F2N4O2. The first kappa shape index (κ1) is 24.2. The van der Waals surface area contributed by atoms with Crippen LogP contribution >= 0.6 is 0 Å². The maximum atomic E-state index is 14.0. The van der Waals surface area contributed by atoms with Crippen LogP contribution in [0.25, 0.3) is 0 Å².